The Morgan fingerprint density at radius 2 is 2.09 bits per heavy atom. The molecule has 0 aliphatic carbocycles. The molecule has 0 atom stereocenters. The van der Waals surface area contributed by atoms with Gasteiger partial charge in [-0.25, -0.2) is 0 Å². The zero-order chi connectivity index (χ0) is 16.2. The number of fused-ring (bicyclic) bond motifs is 1. The second-order valence-electron chi connectivity index (χ2n) is 6.37. The number of piperidine rings is 1. The first-order valence-electron chi connectivity index (χ1n) is 8.35. The van der Waals surface area contributed by atoms with E-state index >= 15 is 0 Å². The zero-order valence-electron chi connectivity index (χ0n) is 13.2. The number of hydrogen-bond donors (Lipinski definition) is 2. The molecule has 0 unspecified atom stereocenters. The Kier molecular flexibility index (Phi) is 5.23. The lowest BCUT2D eigenvalue weighted by Crippen LogP contribution is -2.33. The van der Waals surface area contributed by atoms with Crippen molar-refractivity contribution in [1.82, 2.24) is 9.88 Å². The third-order valence-corrected chi connectivity index (χ3v) is 5.15. The van der Waals surface area contributed by atoms with Crippen LogP contribution >= 0.6 is 11.6 Å². The smallest absolute Gasteiger partial charge is 0.303 e. The lowest BCUT2D eigenvalue weighted by molar-refractivity contribution is -0.137. The second-order valence-corrected chi connectivity index (χ2v) is 6.78. The van der Waals surface area contributed by atoms with E-state index in [1.807, 2.05) is 12.1 Å². The molecule has 2 aromatic rings. The SMILES string of the molecule is O=C(O)CCCCN1CCC(c2c[nH]c3c(Cl)cccc23)CC1. The van der Waals surface area contributed by atoms with Gasteiger partial charge in [-0.05, 0) is 62.9 Å². The van der Waals surface area contributed by atoms with Gasteiger partial charge in [0.2, 0.25) is 0 Å². The number of H-pyrrole nitrogens is 1. The molecule has 124 valence electrons. The molecule has 2 N–H and O–H groups in total. The Labute approximate surface area is 141 Å². The summed E-state index contributed by atoms with van der Waals surface area (Å²) in [6.07, 6.45) is 6.45. The molecule has 0 saturated carbocycles. The number of carboxylic acids is 1. The number of rotatable bonds is 6. The Bertz CT molecular complexity index is 675. The molecule has 1 saturated heterocycles. The fourth-order valence-electron chi connectivity index (χ4n) is 3.56. The highest BCUT2D eigenvalue weighted by atomic mass is 35.5. The van der Waals surface area contributed by atoms with Crippen LogP contribution in [0.3, 0.4) is 0 Å². The molecule has 3 rings (SSSR count). The predicted octanol–water partition coefficient (Wildman–Crippen LogP) is 4.26. The van der Waals surface area contributed by atoms with E-state index in [0.29, 0.717) is 5.92 Å². The largest absolute Gasteiger partial charge is 0.481 e. The van der Waals surface area contributed by atoms with Crippen molar-refractivity contribution < 1.29 is 9.90 Å². The quantitative estimate of drug-likeness (QED) is 0.776. The highest BCUT2D eigenvalue weighted by Gasteiger charge is 2.22. The molecule has 0 bridgehead atoms. The van der Waals surface area contributed by atoms with E-state index in [2.05, 4.69) is 22.1 Å². The summed E-state index contributed by atoms with van der Waals surface area (Å²) in [6.45, 7) is 3.19. The van der Waals surface area contributed by atoms with Gasteiger partial charge >= 0.3 is 5.97 Å². The number of nitrogens with zero attached hydrogens (tertiary/aromatic N) is 1. The summed E-state index contributed by atoms with van der Waals surface area (Å²) in [7, 11) is 0. The molecule has 1 fully saturated rings. The van der Waals surface area contributed by atoms with Crippen LogP contribution in [-0.2, 0) is 4.79 Å². The van der Waals surface area contributed by atoms with Crippen molar-refractivity contribution in [3.63, 3.8) is 0 Å². The summed E-state index contributed by atoms with van der Waals surface area (Å²) in [4.78, 5) is 16.3. The van der Waals surface area contributed by atoms with Gasteiger partial charge in [0.1, 0.15) is 0 Å². The molecule has 4 nitrogen and oxygen atoms in total. The van der Waals surface area contributed by atoms with E-state index in [-0.39, 0.29) is 6.42 Å². The minimum atomic E-state index is -0.693. The van der Waals surface area contributed by atoms with Crippen molar-refractivity contribution in [3.05, 3.63) is 35.0 Å². The van der Waals surface area contributed by atoms with Crippen molar-refractivity contribution in [2.24, 2.45) is 0 Å². The van der Waals surface area contributed by atoms with Crippen molar-refractivity contribution in [2.45, 2.75) is 38.0 Å². The number of carbonyl (C=O) groups is 1. The monoisotopic (exact) mass is 334 g/mol. The van der Waals surface area contributed by atoms with E-state index in [1.54, 1.807) is 0 Å². The lowest BCUT2D eigenvalue weighted by atomic mass is 9.89. The average Bonchev–Trinajstić information content (AvgIpc) is 2.97. The molecule has 1 aliphatic rings. The summed E-state index contributed by atoms with van der Waals surface area (Å²) in [5, 5.41) is 10.7. The van der Waals surface area contributed by atoms with E-state index in [0.717, 1.165) is 55.9 Å². The third kappa shape index (κ3) is 3.88. The number of hydrogen-bond acceptors (Lipinski definition) is 2. The molecule has 2 heterocycles. The summed E-state index contributed by atoms with van der Waals surface area (Å²) < 4.78 is 0. The molecule has 0 amide bonds. The van der Waals surface area contributed by atoms with Gasteiger partial charge in [-0.1, -0.05) is 23.7 Å². The highest BCUT2D eigenvalue weighted by molar-refractivity contribution is 6.35. The Balaban J connectivity index is 1.54. The van der Waals surface area contributed by atoms with Crippen LogP contribution in [0.1, 0.15) is 43.6 Å². The Morgan fingerprint density at radius 3 is 2.83 bits per heavy atom. The first-order valence-corrected chi connectivity index (χ1v) is 8.72. The summed E-state index contributed by atoms with van der Waals surface area (Å²) in [5.74, 6) is -0.112. The minimum Gasteiger partial charge on any atom is -0.481 e. The van der Waals surface area contributed by atoms with Crippen LogP contribution in [0.2, 0.25) is 5.02 Å². The van der Waals surface area contributed by atoms with Crippen LogP contribution in [0.15, 0.2) is 24.4 Å². The Hall–Kier alpha value is -1.52. The van der Waals surface area contributed by atoms with E-state index in [1.165, 1.54) is 10.9 Å². The molecule has 1 aliphatic heterocycles. The first kappa shape index (κ1) is 16.3. The topological polar surface area (TPSA) is 56.3 Å². The van der Waals surface area contributed by atoms with Crippen LogP contribution in [0.5, 0.6) is 0 Å². The number of aliphatic carboxylic acids is 1. The molecule has 1 aromatic carbocycles. The molecule has 5 heteroatoms. The molecule has 0 radical (unpaired) electrons. The van der Waals surface area contributed by atoms with Crippen LogP contribution in [0.4, 0.5) is 0 Å². The minimum absolute atomic E-state index is 0.284. The van der Waals surface area contributed by atoms with Crippen molar-refractivity contribution in [2.75, 3.05) is 19.6 Å². The fraction of sp³-hybridized carbons (Fsp3) is 0.500. The van der Waals surface area contributed by atoms with Crippen LogP contribution < -0.4 is 0 Å². The maximum atomic E-state index is 10.5. The van der Waals surface area contributed by atoms with Gasteiger partial charge in [-0.2, -0.15) is 0 Å². The molecule has 1 aromatic heterocycles. The van der Waals surface area contributed by atoms with Gasteiger partial charge in [0.05, 0.1) is 10.5 Å². The van der Waals surface area contributed by atoms with Crippen LogP contribution in [-0.4, -0.2) is 40.6 Å². The normalized spacial score (nSPS) is 16.9. The van der Waals surface area contributed by atoms with Crippen molar-refractivity contribution >= 4 is 28.5 Å². The predicted molar refractivity (Wildman–Crippen MR) is 93.2 cm³/mol. The number of carboxylic acid groups (broad SMARTS) is 1. The zero-order valence-corrected chi connectivity index (χ0v) is 14.0. The number of unbranched alkanes of at least 4 members (excludes halogenated alkanes) is 1. The first-order chi connectivity index (χ1) is 11.1. The number of halogens is 1. The fourth-order valence-corrected chi connectivity index (χ4v) is 3.79. The number of nitrogens with one attached hydrogen (secondary N) is 1. The van der Waals surface area contributed by atoms with Gasteiger partial charge in [0, 0.05) is 18.0 Å². The molecular weight excluding hydrogens is 312 g/mol. The molecule has 0 spiro atoms. The average molecular weight is 335 g/mol. The maximum absolute atomic E-state index is 10.5. The molecule has 23 heavy (non-hydrogen) atoms. The van der Waals surface area contributed by atoms with Gasteiger partial charge in [-0.3, -0.25) is 4.79 Å². The van der Waals surface area contributed by atoms with Gasteiger partial charge in [0.25, 0.3) is 0 Å². The second kappa shape index (κ2) is 7.37. The van der Waals surface area contributed by atoms with Gasteiger partial charge in [-0.15, -0.1) is 0 Å². The summed E-state index contributed by atoms with van der Waals surface area (Å²) >= 11 is 6.24. The number of likely N-dealkylation sites (tertiary alicyclic amines) is 1. The number of aromatic nitrogens is 1. The number of para-hydroxylation sites is 1. The van der Waals surface area contributed by atoms with Crippen molar-refractivity contribution in [3.8, 4) is 0 Å². The lowest BCUT2D eigenvalue weighted by Gasteiger charge is -2.31. The van der Waals surface area contributed by atoms with Crippen LogP contribution in [0.25, 0.3) is 10.9 Å². The van der Waals surface area contributed by atoms with Gasteiger partial charge in [0.15, 0.2) is 0 Å². The van der Waals surface area contributed by atoms with E-state index in [9.17, 15) is 4.79 Å². The summed E-state index contributed by atoms with van der Waals surface area (Å²) in [6, 6.07) is 6.08. The van der Waals surface area contributed by atoms with Crippen molar-refractivity contribution in [1.29, 1.82) is 0 Å². The number of aromatic amines is 1. The third-order valence-electron chi connectivity index (χ3n) is 4.84. The highest BCUT2D eigenvalue weighted by Crippen LogP contribution is 2.35. The summed E-state index contributed by atoms with van der Waals surface area (Å²) in [5.41, 5.74) is 2.42. The standard InChI is InChI=1S/C18H23ClN2O2/c19-16-5-3-4-14-15(12-20-18(14)16)13-7-10-21(11-8-13)9-2-1-6-17(22)23/h3-5,12-13,20H,1-2,6-11H2,(H,22,23). The van der Waals surface area contributed by atoms with Gasteiger partial charge < -0.3 is 15.0 Å². The van der Waals surface area contributed by atoms with E-state index < -0.39 is 5.97 Å². The van der Waals surface area contributed by atoms with E-state index in [4.69, 9.17) is 16.7 Å². The van der Waals surface area contributed by atoms with Crippen LogP contribution in [0, 0.1) is 0 Å². The number of benzene rings is 1. The molecular formula is C18H23ClN2O2. The maximum Gasteiger partial charge on any atom is 0.303 e. The Morgan fingerprint density at radius 1 is 1.30 bits per heavy atom.